The zero-order valence-corrected chi connectivity index (χ0v) is 20.0. The van der Waals surface area contributed by atoms with E-state index in [1.54, 1.807) is 19.2 Å². The van der Waals surface area contributed by atoms with Crippen LogP contribution < -0.4 is 4.74 Å². The fourth-order valence-corrected chi connectivity index (χ4v) is 5.01. The molecule has 1 amide bonds. The smallest absolute Gasteiger partial charge is 0.227 e. The van der Waals surface area contributed by atoms with Crippen molar-refractivity contribution in [1.82, 2.24) is 9.80 Å². The van der Waals surface area contributed by atoms with Gasteiger partial charge in [-0.3, -0.25) is 9.69 Å². The number of hydrogen-bond donors (Lipinski definition) is 0. The van der Waals surface area contributed by atoms with Gasteiger partial charge in [-0.2, -0.15) is 0 Å². The number of carbonyl (C=O) groups is 1. The zero-order chi connectivity index (χ0) is 21.3. The highest BCUT2D eigenvalue weighted by Crippen LogP contribution is 2.41. The number of fused-ring (bicyclic) bond motifs is 1. The van der Waals surface area contributed by atoms with Crippen LogP contribution in [0.5, 0.6) is 5.75 Å². The Morgan fingerprint density at radius 2 is 1.90 bits per heavy atom. The van der Waals surface area contributed by atoms with Gasteiger partial charge in [0.25, 0.3) is 0 Å². The number of hydrogen-bond acceptors (Lipinski definition) is 3. The number of rotatable bonds is 5. The van der Waals surface area contributed by atoms with E-state index >= 15 is 0 Å². The van der Waals surface area contributed by atoms with Crippen molar-refractivity contribution in [1.29, 1.82) is 0 Å². The predicted molar refractivity (Wildman–Crippen MR) is 129 cm³/mol. The maximum absolute atomic E-state index is 13.3. The number of likely N-dealkylation sites (N-methyl/N-ethyl adjacent to an activating group) is 1. The topological polar surface area (TPSA) is 32.8 Å². The average molecular weight is 482 g/mol. The molecule has 0 saturated carbocycles. The first-order chi connectivity index (χ1) is 14.5. The Hall–Kier alpha value is -1.72. The van der Waals surface area contributed by atoms with Gasteiger partial charge < -0.3 is 9.64 Å². The second kappa shape index (κ2) is 10.3. The number of benzene rings is 2. The van der Waals surface area contributed by atoms with Gasteiger partial charge in [-0.15, -0.1) is 12.4 Å². The summed E-state index contributed by atoms with van der Waals surface area (Å²) < 4.78 is 5.63. The van der Waals surface area contributed by atoms with Gasteiger partial charge in [0.15, 0.2) is 0 Å². The Labute approximate surface area is 200 Å². The van der Waals surface area contributed by atoms with Gasteiger partial charge in [0.1, 0.15) is 5.75 Å². The third-order valence-electron chi connectivity index (χ3n) is 6.23. The number of halogens is 3. The first-order valence-electron chi connectivity index (χ1n) is 10.2. The quantitative estimate of drug-likeness (QED) is 0.540. The largest absolute Gasteiger partial charge is 0.496 e. The number of ether oxygens (including phenoxy) is 1. The third-order valence-corrected chi connectivity index (χ3v) is 6.97. The van der Waals surface area contributed by atoms with Crippen LogP contribution in [0.25, 0.3) is 0 Å². The molecular weight excluding hydrogens is 455 g/mol. The van der Waals surface area contributed by atoms with Gasteiger partial charge in [0.2, 0.25) is 5.91 Å². The van der Waals surface area contributed by atoms with Crippen molar-refractivity contribution in [2.45, 2.75) is 31.3 Å². The van der Waals surface area contributed by atoms with Crippen molar-refractivity contribution >= 4 is 41.5 Å². The van der Waals surface area contributed by atoms with E-state index in [9.17, 15) is 4.79 Å². The summed E-state index contributed by atoms with van der Waals surface area (Å²) >= 11 is 12.2. The summed E-state index contributed by atoms with van der Waals surface area (Å²) in [5.74, 6) is 0.965. The molecule has 1 aliphatic heterocycles. The van der Waals surface area contributed by atoms with Crippen LogP contribution in [0, 0.1) is 0 Å². The van der Waals surface area contributed by atoms with E-state index in [2.05, 4.69) is 23.1 Å². The molecule has 1 heterocycles. The summed E-state index contributed by atoms with van der Waals surface area (Å²) in [6.07, 6.45) is 6.63. The molecule has 0 aromatic heterocycles. The maximum Gasteiger partial charge on any atom is 0.227 e. The Balaban J connectivity index is 0.00000272. The summed E-state index contributed by atoms with van der Waals surface area (Å²) in [6, 6.07) is 11.8. The monoisotopic (exact) mass is 480 g/mol. The van der Waals surface area contributed by atoms with E-state index < -0.39 is 0 Å². The highest BCUT2D eigenvalue weighted by atomic mass is 35.5. The molecule has 0 N–H and O–H groups in total. The molecule has 4 rings (SSSR count). The fraction of sp³-hybridized carbons (Fsp3) is 0.375. The molecule has 0 bridgehead atoms. The van der Waals surface area contributed by atoms with E-state index in [1.807, 2.05) is 30.1 Å². The molecule has 2 aliphatic rings. The van der Waals surface area contributed by atoms with Crippen LogP contribution in [0.1, 0.15) is 29.2 Å². The van der Waals surface area contributed by atoms with Crippen LogP contribution >= 0.6 is 35.6 Å². The molecule has 0 spiro atoms. The van der Waals surface area contributed by atoms with Gasteiger partial charge in [-0.1, -0.05) is 53.6 Å². The van der Waals surface area contributed by atoms with Crippen molar-refractivity contribution in [2.75, 3.05) is 27.2 Å². The molecule has 2 aromatic carbocycles. The molecule has 2 unspecified atom stereocenters. The van der Waals surface area contributed by atoms with Crippen LogP contribution in [-0.2, 0) is 17.6 Å². The Kier molecular flexibility index (Phi) is 7.92. The minimum atomic E-state index is -0.0287. The molecule has 31 heavy (non-hydrogen) atoms. The third kappa shape index (κ3) is 4.88. The Morgan fingerprint density at radius 1 is 1.16 bits per heavy atom. The fourth-order valence-electron chi connectivity index (χ4n) is 4.69. The molecule has 7 heteroatoms. The minimum absolute atomic E-state index is 0. The summed E-state index contributed by atoms with van der Waals surface area (Å²) in [4.78, 5) is 17.7. The molecule has 0 radical (unpaired) electrons. The first kappa shape index (κ1) is 23.9. The predicted octanol–water partition coefficient (Wildman–Crippen LogP) is 5.35. The lowest BCUT2D eigenvalue weighted by molar-refractivity contribution is -0.133. The van der Waals surface area contributed by atoms with Crippen LogP contribution in [0.15, 0.2) is 48.6 Å². The highest BCUT2D eigenvalue weighted by Gasteiger charge is 2.38. The number of nitrogens with zero attached hydrogens (tertiary/aromatic N) is 2. The SMILES string of the molecule is COc1cccc2c1CCC(N1CC=CC1)C2N(C)C(=O)Cc1ccc(Cl)c(Cl)c1.Cl. The van der Waals surface area contributed by atoms with Crippen LogP contribution in [0.4, 0.5) is 0 Å². The normalized spacial score (nSPS) is 20.1. The van der Waals surface area contributed by atoms with E-state index in [4.69, 9.17) is 27.9 Å². The van der Waals surface area contributed by atoms with Crippen molar-refractivity contribution in [2.24, 2.45) is 0 Å². The summed E-state index contributed by atoms with van der Waals surface area (Å²) in [7, 11) is 3.62. The van der Waals surface area contributed by atoms with Gasteiger partial charge in [-0.05, 0) is 47.7 Å². The zero-order valence-electron chi connectivity index (χ0n) is 17.7. The molecule has 0 saturated heterocycles. The van der Waals surface area contributed by atoms with Gasteiger partial charge in [0.05, 0.1) is 29.6 Å². The van der Waals surface area contributed by atoms with Crippen molar-refractivity contribution in [3.63, 3.8) is 0 Å². The second-order valence-corrected chi connectivity index (χ2v) is 8.75. The molecule has 0 fully saturated rings. The number of methoxy groups -OCH3 is 1. The lowest BCUT2D eigenvalue weighted by atomic mass is 9.81. The van der Waals surface area contributed by atoms with E-state index in [0.717, 1.165) is 37.2 Å². The van der Waals surface area contributed by atoms with Gasteiger partial charge in [-0.25, -0.2) is 0 Å². The molecule has 166 valence electrons. The molecule has 4 nitrogen and oxygen atoms in total. The summed E-state index contributed by atoms with van der Waals surface area (Å²) in [5.41, 5.74) is 3.26. The van der Waals surface area contributed by atoms with Crippen LogP contribution in [0.3, 0.4) is 0 Å². The number of carbonyl (C=O) groups excluding carboxylic acids is 1. The minimum Gasteiger partial charge on any atom is -0.496 e. The Morgan fingerprint density at radius 3 is 2.58 bits per heavy atom. The summed E-state index contributed by atoms with van der Waals surface area (Å²) in [5, 5.41) is 0.967. The first-order valence-corrected chi connectivity index (χ1v) is 11.0. The standard InChI is InChI=1S/C24H26Cl2N2O2.ClH/c1-27(23(29)15-16-8-10-19(25)20(26)14-16)24-18-6-5-7-22(30-2)17(18)9-11-21(24)28-12-3-4-13-28;/h3-8,10,14,21,24H,9,11-13,15H2,1-2H3;1H. The highest BCUT2D eigenvalue weighted by molar-refractivity contribution is 6.42. The van der Waals surface area contributed by atoms with Gasteiger partial charge in [0, 0.05) is 26.2 Å². The van der Waals surface area contributed by atoms with E-state index in [0.29, 0.717) is 10.0 Å². The lowest BCUT2D eigenvalue weighted by Gasteiger charge is -2.43. The van der Waals surface area contributed by atoms with Crippen molar-refractivity contribution in [3.05, 3.63) is 75.3 Å². The molecule has 1 aliphatic carbocycles. The average Bonchev–Trinajstić information content (AvgIpc) is 3.29. The van der Waals surface area contributed by atoms with Gasteiger partial charge >= 0.3 is 0 Å². The van der Waals surface area contributed by atoms with Crippen molar-refractivity contribution in [3.8, 4) is 5.75 Å². The lowest BCUT2D eigenvalue weighted by Crippen LogP contribution is -2.49. The second-order valence-electron chi connectivity index (χ2n) is 7.93. The molecule has 2 atom stereocenters. The van der Waals surface area contributed by atoms with Crippen LogP contribution in [-0.4, -0.2) is 49.0 Å². The number of amides is 1. The van der Waals surface area contributed by atoms with Crippen LogP contribution in [0.2, 0.25) is 10.0 Å². The van der Waals surface area contributed by atoms with Crippen molar-refractivity contribution < 1.29 is 9.53 Å². The molecular formula is C24H27Cl3N2O2. The molecule has 2 aromatic rings. The maximum atomic E-state index is 13.3. The Bertz CT molecular complexity index is 971. The van der Waals surface area contributed by atoms with E-state index in [-0.39, 0.29) is 36.8 Å². The summed E-state index contributed by atoms with van der Waals surface area (Å²) in [6.45, 7) is 1.85. The van der Waals surface area contributed by atoms with E-state index in [1.165, 1.54) is 11.1 Å².